The molecule has 2 aromatic rings. The molecule has 0 heterocycles. The Bertz CT molecular complexity index is 701. The Hall–Kier alpha value is -2.44. The number of anilines is 1. The summed E-state index contributed by atoms with van der Waals surface area (Å²) in [5, 5.41) is 21.3. The van der Waals surface area contributed by atoms with Gasteiger partial charge in [0.25, 0.3) is 5.91 Å². The predicted molar refractivity (Wildman–Crippen MR) is 88.3 cm³/mol. The minimum absolute atomic E-state index is 0.122. The molecule has 2 aromatic carbocycles. The number of halogens is 1. The molecule has 0 atom stereocenters. The van der Waals surface area contributed by atoms with Crippen molar-refractivity contribution in [2.75, 3.05) is 11.9 Å². The lowest BCUT2D eigenvalue weighted by atomic mass is 10.1. The molecule has 0 aromatic heterocycles. The van der Waals surface area contributed by atoms with E-state index < -0.39 is 24.9 Å². The van der Waals surface area contributed by atoms with Crippen LogP contribution >= 0.6 is 0 Å². The molecule has 0 saturated carbocycles. The molecule has 0 aliphatic carbocycles. The number of carbonyl (C=O) groups excluding carboxylic acids is 1. The van der Waals surface area contributed by atoms with Crippen LogP contribution in [0.4, 0.5) is 10.1 Å². The van der Waals surface area contributed by atoms with Crippen molar-refractivity contribution in [3.8, 4) is 5.75 Å². The minimum atomic E-state index is -0.588. The fraction of sp³-hybridized carbons (Fsp3) is 0.278. The van der Waals surface area contributed by atoms with Crippen molar-refractivity contribution in [3.63, 3.8) is 0 Å². The highest BCUT2D eigenvalue weighted by molar-refractivity contribution is 5.92. The number of hydrogen-bond acceptors (Lipinski definition) is 4. The van der Waals surface area contributed by atoms with Gasteiger partial charge in [-0.25, -0.2) is 4.39 Å². The van der Waals surface area contributed by atoms with Crippen molar-refractivity contribution >= 4 is 11.6 Å². The highest BCUT2D eigenvalue weighted by atomic mass is 19.1. The van der Waals surface area contributed by atoms with Crippen LogP contribution in [0.25, 0.3) is 0 Å². The highest BCUT2D eigenvalue weighted by Crippen LogP contribution is 2.26. The van der Waals surface area contributed by atoms with E-state index >= 15 is 0 Å². The second kappa shape index (κ2) is 7.90. The van der Waals surface area contributed by atoms with Gasteiger partial charge in [-0.15, -0.1) is 0 Å². The number of carbonyl (C=O) groups is 1. The van der Waals surface area contributed by atoms with Crippen LogP contribution in [0.15, 0.2) is 30.3 Å². The van der Waals surface area contributed by atoms with Crippen molar-refractivity contribution in [1.29, 1.82) is 0 Å². The van der Waals surface area contributed by atoms with Crippen LogP contribution in [0.3, 0.4) is 0 Å². The normalized spacial score (nSPS) is 10.5. The predicted octanol–water partition coefficient (Wildman–Crippen LogP) is 2.44. The first-order valence-corrected chi connectivity index (χ1v) is 7.47. The zero-order valence-corrected chi connectivity index (χ0v) is 13.6. The molecule has 0 aliphatic heterocycles. The number of ether oxygens (including phenoxy) is 1. The van der Waals surface area contributed by atoms with E-state index in [1.54, 1.807) is 0 Å². The lowest BCUT2D eigenvalue weighted by Crippen LogP contribution is -2.21. The van der Waals surface area contributed by atoms with E-state index in [0.29, 0.717) is 5.69 Å². The van der Waals surface area contributed by atoms with Crippen LogP contribution in [0.1, 0.15) is 22.3 Å². The largest absolute Gasteiger partial charge is 0.483 e. The monoisotopic (exact) mass is 333 g/mol. The number of aryl methyl sites for hydroxylation is 2. The van der Waals surface area contributed by atoms with Crippen LogP contribution in [0.5, 0.6) is 5.75 Å². The van der Waals surface area contributed by atoms with Gasteiger partial charge in [-0.3, -0.25) is 4.79 Å². The standard InChI is InChI=1S/C18H20FNO4/c1-11-3-12(2)5-16(4-11)20-17(23)10-24-18-13(8-21)6-15(19)7-14(18)9-22/h3-7,21-22H,8-10H2,1-2H3,(H,20,23). The third kappa shape index (κ3) is 4.53. The Kier molecular flexibility index (Phi) is 5.89. The van der Waals surface area contributed by atoms with Gasteiger partial charge in [0.05, 0.1) is 13.2 Å². The summed E-state index contributed by atoms with van der Waals surface area (Å²) in [5.74, 6) is -0.857. The lowest BCUT2D eigenvalue weighted by molar-refractivity contribution is -0.118. The van der Waals surface area contributed by atoms with E-state index in [-0.39, 0.29) is 23.5 Å². The first-order chi connectivity index (χ1) is 11.4. The summed E-state index contributed by atoms with van der Waals surface area (Å²) in [6.07, 6.45) is 0. The van der Waals surface area contributed by atoms with Gasteiger partial charge < -0.3 is 20.3 Å². The molecule has 2 rings (SSSR count). The zero-order chi connectivity index (χ0) is 17.7. The summed E-state index contributed by atoms with van der Waals surface area (Å²) in [6, 6.07) is 7.88. The van der Waals surface area contributed by atoms with Crippen LogP contribution < -0.4 is 10.1 Å². The van der Waals surface area contributed by atoms with Crippen molar-refractivity contribution in [2.45, 2.75) is 27.1 Å². The summed E-state index contributed by atoms with van der Waals surface area (Å²) in [4.78, 5) is 12.0. The van der Waals surface area contributed by atoms with Gasteiger partial charge in [-0.1, -0.05) is 6.07 Å². The summed E-state index contributed by atoms with van der Waals surface area (Å²) >= 11 is 0. The van der Waals surface area contributed by atoms with Crippen LogP contribution in [0.2, 0.25) is 0 Å². The van der Waals surface area contributed by atoms with E-state index in [1.165, 1.54) is 0 Å². The summed E-state index contributed by atoms with van der Waals surface area (Å²) < 4.78 is 18.8. The molecular formula is C18H20FNO4. The first kappa shape index (κ1) is 17.9. The SMILES string of the molecule is Cc1cc(C)cc(NC(=O)COc2c(CO)cc(F)cc2CO)c1. The second-order valence-electron chi connectivity index (χ2n) is 5.58. The molecule has 0 spiro atoms. The van der Waals surface area contributed by atoms with Gasteiger partial charge in [0.15, 0.2) is 6.61 Å². The molecule has 3 N–H and O–H groups in total. The van der Waals surface area contributed by atoms with Crippen molar-refractivity contribution in [3.05, 3.63) is 58.4 Å². The van der Waals surface area contributed by atoms with E-state index in [9.17, 15) is 19.4 Å². The van der Waals surface area contributed by atoms with Crippen molar-refractivity contribution in [2.24, 2.45) is 0 Å². The van der Waals surface area contributed by atoms with Crippen LogP contribution in [-0.2, 0) is 18.0 Å². The summed E-state index contributed by atoms with van der Waals surface area (Å²) in [6.45, 7) is 2.62. The molecule has 0 aliphatic rings. The number of nitrogens with one attached hydrogen (secondary N) is 1. The van der Waals surface area contributed by atoms with E-state index in [0.717, 1.165) is 23.3 Å². The molecule has 0 radical (unpaired) electrons. The second-order valence-corrected chi connectivity index (χ2v) is 5.58. The Morgan fingerprint density at radius 1 is 1.04 bits per heavy atom. The average molecular weight is 333 g/mol. The molecule has 128 valence electrons. The third-order valence-electron chi connectivity index (χ3n) is 3.40. The molecule has 6 heteroatoms. The fourth-order valence-corrected chi connectivity index (χ4v) is 2.51. The average Bonchev–Trinajstić information content (AvgIpc) is 2.51. The maximum absolute atomic E-state index is 13.4. The van der Waals surface area contributed by atoms with E-state index in [4.69, 9.17) is 4.74 Å². The number of aliphatic hydroxyl groups excluding tert-OH is 2. The van der Waals surface area contributed by atoms with E-state index in [2.05, 4.69) is 5.32 Å². The Labute approximate surface area is 139 Å². The summed E-state index contributed by atoms with van der Waals surface area (Å²) in [7, 11) is 0. The van der Waals surface area contributed by atoms with Crippen LogP contribution in [-0.4, -0.2) is 22.7 Å². The van der Waals surface area contributed by atoms with Gasteiger partial charge >= 0.3 is 0 Å². The van der Waals surface area contributed by atoms with Crippen molar-refractivity contribution < 1.29 is 24.1 Å². The molecule has 1 amide bonds. The quantitative estimate of drug-likeness (QED) is 0.759. The smallest absolute Gasteiger partial charge is 0.262 e. The van der Waals surface area contributed by atoms with Crippen molar-refractivity contribution in [1.82, 2.24) is 0 Å². The molecule has 24 heavy (non-hydrogen) atoms. The maximum Gasteiger partial charge on any atom is 0.262 e. The van der Waals surface area contributed by atoms with Gasteiger partial charge in [0.1, 0.15) is 11.6 Å². The zero-order valence-electron chi connectivity index (χ0n) is 13.6. The van der Waals surface area contributed by atoms with Gasteiger partial charge in [0, 0.05) is 16.8 Å². The summed E-state index contributed by atoms with van der Waals surface area (Å²) in [5.41, 5.74) is 3.06. The molecule has 0 fully saturated rings. The number of amides is 1. The molecule has 0 saturated heterocycles. The highest BCUT2D eigenvalue weighted by Gasteiger charge is 2.14. The topological polar surface area (TPSA) is 78.8 Å². The molecule has 0 bridgehead atoms. The Morgan fingerprint density at radius 3 is 2.08 bits per heavy atom. The molecule has 0 unspecified atom stereocenters. The van der Waals surface area contributed by atoms with Crippen LogP contribution in [0, 0.1) is 19.7 Å². The number of rotatable bonds is 6. The maximum atomic E-state index is 13.4. The Balaban J connectivity index is 2.09. The lowest BCUT2D eigenvalue weighted by Gasteiger charge is -2.14. The Morgan fingerprint density at radius 2 is 1.58 bits per heavy atom. The minimum Gasteiger partial charge on any atom is -0.483 e. The fourth-order valence-electron chi connectivity index (χ4n) is 2.51. The number of aliphatic hydroxyl groups is 2. The van der Waals surface area contributed by atoms with E-state index in [1.807, 2.05) is 32.0 Å². The third-order valence-corrected chi connectivity index (χ3v) is 3.40. The van der Waals surface area contributed by atoms with Gasteiger partial charge in [-0.2, -0.15) is 0 Å². The molecule has 5 nitrogen and oxygen atoms in total. The first-order valence-electron chi connectivity index (χ1n) is 7.47. The van der Waals surface area contributed by atoms with Gasteiger partial charge in [-0.05, 0) is 49.2 Å². The molecular weight excluding hydrogens is 313 g/mol. The number of benzene rings is 2. The van der Waals surface area contributed by atoms with Gasteiger partial charge in [0.2, 0.25) is 0 Å². The number of hydrogen-bond donors (Lipinski definition) is 3.